The Labute approximate surface area is 185 Å². The van der Waals surface area contributed by atoms with Gasteiger partial charge in [0.2, 0.25) is 0 Å². The van der Waals surface area contributed by atoms with Crippen LogP contribution >= 0.6 is 0 Å². The number of rotatable bonds is 7. The molecule has 1 unspecified atom stereocenters. The fourth-order valence-corrected chi connectivity index (χ4v) is 3.61. The number of Topliss-reactive ketones (excluding diaryl/α,β-unsaturated/α-hetero) is 1. The van der Waals surface area contributed by atoms with Crippen molar-refractivity contribution in [2.24, 2.45) is 0 Å². The molecule has 0 saturated heterocycles. The van der Waals surface area contributed by atoms with Crippen LogP contribution in [0.1, 0.15) is 34.8 Å². The first-order valence-corrected chi connectivity index (χ1v) is 10.2. The summed E-state index contributed by atoms with van der Waals surface area (Å²) in [6, 6.07) is 19.2. The normalized spacial score (nSPS) is 17.2. The number of hydrogen-bond donors (Lipinski definition) is 0. The van der Waals surface area contributed by atoms with Crippen LogP contribution in [-0.2, 0) is 6.61 Å². The fraction of sp³-hybridized carbons (Fsp3) is 0.240. The number of carbonyl (C=O) groups is 1. The summed E-state index contributed by atoms with van der Waals surface area (Å²) in [4.78, 5) is 23.2. The maximum absolute atomic E-state index is 12.8. The standard InChI is InChI=1S/C25H23NO6/c1-17-23(30-15-18-6-4-3-5-7-18)13-12-21-22(27)14-25(2,32-24(17)21)16-31-20-10-8-19(9-11-20)26(28)29/h3-13H,14-16H2,1-2H3. The van der Waals surface area contributed by atoms with Gasteiger partial charge in [0.25, 0.3) is 5.69 Å². The summed E-state index contributed by atoms with van der Waals surface area (Å²) in [5, 5.41) is 10.8. The van der Waals surface area contributed by atoms with E-state index in [2.05, 4.69) is 0 Å². The molecule has 4 rings (SSSR count). The van der Waals surface area contributed by atoms with E-state index < -0.39 is 10.5 Å². The van der Waals surface area contributed by atoms with Crippen LogP contribution in [0.25, 0.3) is 0 Å². The summed E-state index contributed by atoms with van der Waals surface area (Å²) in [6.07, 6.45) is 0.163. The number of ether oxygens (including phenoxy) is 3. The van der Waals surface area contributed by atoms with E-state index in [4.69, 9.17) is 14.2 Å². The Bertz CT molecular complexity index is 1140. The lowest BCUT2D eigenvalue weighted by Crippen LogP contribution is -2.44. The van der Waals surface area contributed by atoms with Gasteiger partial charge in [0.15, 0.2) is 5.78 Å². The van der Waals surface area contributed by atoms with Crippen molar-refractivity contribution in [1.29, 1.82) is 0 Å². The first kappa shape index (κ1) is 21.4. The molecule has 0 aromatic heterocycles. The molecule has 0 bridgehead atoms. The third kappa shape index (κ3) is 4.56. The smallest absolute Gasteiger partial charge is 0.269 e. The van der Waals surface area contributed by atoms with Crippen molar-refractivity contribution < 1.29 is 23.9 Å². The molecule has 0 saturated carbocycles. The summed E-state index contributed by atoms with van der Waals surface area (Å²) in [7, 11) is 0. The maximum atomic E-state index is 12.8. The van der Waals surface area contributed by atoms with E-state index in [0.29, 0.717) is 29.4 Å². The van der Waals surface area contributed by atoms with Gasteiger partial charge in [-0.2, -0.15) is 0 Å². The number of hydrogen-bond acceptors (Lipinski definition) is 6. The maximum Gasteiger partial charge on any atom is 0.269 e. The second-order valence-corrected chi connectivity index (χ2v) is 8.03. The van der Waals surface area contributed by atoms with Gasteiger partial charge in [-0.1, -0.05) is 30.3 Å². The molecule has 1 atom stereocenters. The minimum Gasteiger partial charge on any atom is -0.489 e. The summed E-state index contributed by atoms with van der Waals surface area (Å²) < 4.78 is 18.0. The lowest BCUT2D eigenvalue weighted by molar-refractivity contribution is -0.384. The average molecular weight is 433 g/mol. The molecular formula is C25H23NO6. The van der Waals surface area contributed by atoms with Gasteiger partial charge >= 0.3 is 0 Å². The van der Waals surface area contributed by atoms with Crippen LogP contribution in [0.4, 0.5) is 5.69 Å². The number of fused-ring (bicyclic) bond motifs is 1. The van der Waals surface area contributed by atoms with Crippen molar-refractivity contribution in [1.82, 2.24) is 0 Å². The first-order valence-electron chi connectivity index (χ1n) is 10.2. The Balaban J connectivity index is 1.49. The molecule has 0 fully saturated rings. The van der Waals surface area contributed by atoms with Gasteiger partial charge in [-0.15, -0.1) is 0 Å². The predicted molar refractivity (Wildman–Crippen MR) is 119 cm³/mol. The molecule has 0 spiro atoms. The van der Waals surface area contributed by atoms with Gasteiger partial charge in [-0.05, 0) is 43.7 Å². The lowest BCUT2D eigenvalue weighted by atomic mass is 9.90. The van der Waals surface area contributed by atoms with E-state index >= 15 is 0 Å². The van der Waals surface area contributed by atoms with Crippen molar-refractivity contribution in [2.75, 3.05) is 6.61 Å². The van der Waals surface area contributed by atoms with Crippen LogP contribution in [0, 0.1) is 17.0 Å². The SMILES string of the molecule is Cc1c(OCc2ccccc2)ccc2c1OC(C)(COc1ccc([N+](=O)[O-])cc1)CC2=O. The summed E-state index contributed by atoms with van der Waals surface area (Å²) in [5.41, 5.74) is 1.44. The Morgan fingerprint density at radius 1 is 1.03 bits per heavy atom. The van der Waals surface area contributed by atoms with Crippen LogP contribution in [0.3, 0.4) is 0 Å². The van der Waals surface area contributed by atoms with Gasteiger partial charge in [0.05, 0.1) is 16.9 Å². The lowest BCUT2D eigenvalue weighted by Gasteiger charge is -2.35. The van der Waals surface area contributed by atoms with Crippen LogP contribution in [0.2, 0.25) is 0 Å². The molecule has 0 amide bonds. The number of nitro benzene ring substituents is 1. The number of non-ortho nitro benzene ring substituents is 1. The van der Waals surface area contributed by atoms with Gasteiger partial charge in [0, 0.05) is 17.7 Å². The quantitative estimate of drug-likeness (QED) is 0.372. The average Bonchev–Trinajstić information content (AvgIpc) is 2.79. The molecule has 32 heavy (non-hydrogen) atoms. The Morgan fingerprint density at radius 3 is 2.44 bits per heavy atom. The molecule has 7 heteroatoms. The fourth-order valence-electron chi connectivity index (χ4n) is 3.61. The third-order valence-corrected chi connectivity index (χ3v) is 5.37. The Hall–Kier alpha value is -3.87. The van der Waals surface area contributed by atoms with Crippen molar-refractivity contribution in [3.63, 3.8) is 0 Å². The molecule has 7 nitrogen and oxygen atoms in total. The van der Waals surface area contributed by atoms with E-state index in [-0.39, 0.29) is 24.5 Å². The van der Waals surface area contributed by atoms with E-state index in [1.165, 1.54) is 24.3 Å². The second kappa shape index (κ2) is 8.70. The molecule has 1 aliphatic heterocycles. The molecule has 0 radical (unpaired) electrons. The van der Waals surface area contributed by atoms with E-state index in [9.17, 15) is 14.9 Å². The number of carbonyl (C=O) groups excluding carboxylic acids is 1. The highest BCUT2D eigenvalue weighted by molar-refractivity contribution is 6.01. The zero-order valence-electron chi connectivity index (χ0n) is 17.9. The molecule has 1 aliphatic rings. The molecular weight excluding hydrogens is 410 g/mol. The molecule has 3 aromatic carbocycles. The summed E-state index contributed by atoms with van der Waals surface area (Å²) in [6.45, 7) is 4.21. The molecule has 0 N–H and O–H groups in total. The summed E-state index contributed by atoms with van der Waals surface area (Å²) in [5.74, 6) is 1.59. The highest BCUT2D eigenvalue weighted by Gasteiger charge is 2.38. The van der Waals surface area contributed by atoms with E-state index in [1.807, 2.05) is 44.2 Å². The molecule has 1 heterocycles. The largest absolute Gasteiger partial charge is 0.489 e. The van der Waals surface area contributed by atoms with Crippen molar-refractivity contribution in [3.05, 3.63) is 93.5 Å². The predicted octanol–water partition coefficient (Wildman–Crippen LogP) is 5.29. The van der Waals surface area contributed by atoms with Crippen molar-refractivity contribution >= 4 is 11.5 Å². The van der Waals surface area contributed by atoms with Crippen LogP contribution < -0.4 is 14.2 Å². The molecule has 164 valence electrons. The van der Waals surface area contributed by atoms with Gasteiger partial charge in [0.1, 0.15) is 36.1 Å². The minimum absolute atomic E-state index is 0.0137. The number of nitro groups is 1. The highest BCUT2D eigenvalue weighted by Crippen LogP contribution is 2.40. The third-order valence-electron chi connectivity index (χ3n) is 5.37. The topological polar surface area (TPSA) is 87.9 Å². The Kier molecular flexibility index (Phi) is 5.81. The van der Waals surface area contributed by atoms with Crippen molar-refractivity contribution in [2.45, 2.75) is 32.5 Å². The van der Waals surface area contributed by atoms with Crippen LogP contribution in [-0.4, -0.2) is 22.9 Å². The van der Waals surface area contributed by atoms with Crippen molar-refractivity contribution in [3.8, 4) is 17.2 Å². The van der Waals surface area contributed by atoms with Crippen LogP contribution in [0.5, 0.6) is 17.2 Å². The molecule has 0 aliphatic carbocycles. The van der Waals surface area contributed by atoms with E-state index in [1.54, 1.807) is 12.1 Å². The Morgan fingerprint density at radius 2 is 1.75 bits per heavy atom. The van der Waals surface area contributed by atoms with Gasteiger partial charge < -0.3 is 14.2 Å². The monoisotopic (exact) mass is 433 g/mol. The second-order valence-electron chi connectivity index (χ2n) is 8.03. The van der Waals surface area contributed by atoms with Gasteiger partial charge in [-0.3, -0.25) is 14.9 Å². The molecule has 3 aromatic rings. The number of benzene rings is 3. The summed E-state index contributed by atoms with van der Waals surface area (Å²) >= 11 is 0. The van der Waals surface area contributed by atoms with Gasteiger partial charge in [-0.25, -0.2) is 0 Å². The minimum atomic E-state index is -0.880. The highest BCUT2D eigenvalue weighted by atomic mass is 16.6. The number of ketones is 1. The van der Waals surface area contributed by atoms with E-state index in [0.717, 1.165) is 11.1 Å². The zero-order valence-corrected chi connectivity index (χ0v) is 17.9. The van der Waals surface area contributed by atoms with Crippen LogP contribution in [0.15, 0.2) is 66.7 Å². The first-order chi connectivity index (χ1) is 15.3. The number of nitrogens with zero attached hydrogens (tertiary/aromatic N) is 1. The zero-order chi connectivity index (χ0) is 22.7.